The standard InChI is InChI=1S/C16H24N2O2/c1-12-7-6-8-13(2)14(12)18-15(19)17-11-16(20)9-4-3-5-10-16/h6-8,20H,3-5,9-11H2,1-2H3,(H2,17,18,19). The molecule has 0 spiro atoms. The molecule has 1 aliphatic carbocycles. The Morgan fingerprint density at radius 2 is 1.80 bits per heavy atom. The second kappa shape index (κ2) is 6.27. The average Bonchev–Trinajstić information content (AvgIpc) is 2.42. The molecule has 1 fully saturated rings. The first-order valence-electron chi connectivity index (χ1n) is 7.34. The Morgan fingerprint density at radius 3 is 2.40 bits per heavy atom. The Bertz CT molecular complexity index is 459. The van der Waals surface area contributed by atoms with E-state index in [0.717, 1.165) is 42.5 Å². The molecule has 0 saturated heterocycles. The fraction of sp³-hybridized carbons (Fsp3) is 0.562. The summed E-state index contributed by atoms with van der Waals surface area (Å²) >= 11 is 0. The van der Waals surface area contributed by atoms with Gasteiger partial charge in [-0.3, -0.25) is 0 Å². The van der Waals surface area contributed by atoms with Gasteiger partial charge in [0.2, 0.25) is 0 Å². The third-order valence-corrected chi connectivity index (χ3v) is 4.08. The van der Waals surface area contributed by atoms with Crippen molar-refractivity contribution in [3.63, 3.8) is 0 Å². The molecule has 0 aliphatic heterocycles. The fourth-order valence-corrected chi connectivity index (χ4v) is 2.80. The minimum absolute atomic E-state index is 0.249. The number of anilines is 1. The van der Waals surface area contributed by atoms with Gasteiger partial charge in [-0.1, -0.05) is 37.5 Å². The molecule has 0 bridgehead atoms. The highest BCUT2D eigenvalue weighted by molar-refractivity contribution is 5.91. The number of aliphatic hydroxyl groups is 1. The minimum Gasteiger partial charge on any atom is -0.388 e. The lowest BCUT2D eigenvalue weighted by atomic mass is 9.85. The van der Waals surface area contributed by atoms with Gasteiger partial charge in [0.15, 0.2) is 0 Å². The van der Waals surface area contributed by atoms with Gasteiger partial charge in [0.05, 0.1) is 5.60 Å². The van der Waals surface area contributed by atoms with Crippen LogP contribution in [0.1, 0.15) is 43.2 Å². The highest BCUT2D eigenvalue weighted by Gasteiger charge is 2.29. The SMILES string of the molecule is Cc1cccc(C)c1NC(=O)NCC1(O)CCCCC1. The number of amides is 2. The number of hydrogen-bond acceptors (Lipinski definition) is 2. The van der Waals surface area contributed by atoms with Crippen molar-refractivity contribution in [3.05, 3.63) is 29.3 Å². The van der Waals surface area contributed by atoms with Gasteiger partial charge in [-0.05, 0) is 37.8 Å². The van der Waals surface area contributed by atoms with E-state index < -0.39 is 5.60 Å². The maximum atomic E-state index is 12.0. The molecule has 20 heavy (non-hydrogen) atoms. The van der Waals surface area contributed by atoms with Crippen LogP contribution in [0.3, 0.4) is 0 Å². The summed E-state index contributed by atoms with van der Waals surface area (Å²) in [5.74, 6) is 0. The van der Waals surface area contributed by atoms with Gasteiger partial charge >= 0.3 is 6.03 Å². The highest BCUT2D eigenvalue weighted by atomic mass is 16.3. The minimum atomic E-state index is -0.726. The topological polar surface area (TPSA) is 61.4 Å². The lowest BCUT2D eigenvalue weighted by molar-refractivity contribution is 0.00755. The van der Waals surface area contributed by atoms with E-state index in [1.165, 1.54) is 6.42 Å². The number of urea groups is 1. The molecule has 4 nitrogen and oxygen atoms in total. The molecule has 0 heterocycles. The summed E-state index contributed by atoms with van der Waals surface area (Å²) in [7, 11) is 0. The number of benzene rings is 1. The van der Waals surface area contributed by atoms with Crippen molar-refractivity contribution >= 4 is 11.7 Å². The first kappa shape index (κ1) is 14.9. The third-order valence-electron chi connectivity index (χ3n) is 4.08. The number of aryl methyl sites for hydroxylation is 2. The molecule has 2 amide bonds. The van der Waals surface area contributed by atoms with Crippen LogP contribution >= 0.6 is 0 Å². The molecule has 0 aromatic heterocycles. The predicted molar refractivity (Wildman–Crippen MR) is 81.0 cm³/mol. The molecule has 3 N–H and O–H groups in total. The van der Waals surface area contributed by atoms with Gasteiger partial charge in [0, 0.05) is 12.2 Å². The Hall–Kier alpha value is -1.55. The molecule has 1 aromatic rings. The van der Waals surface area contributed by atoms with Crippen LogP contribution in [0.2, 0.25) is 0 Å². The lowest BCUT2D eigenvalue weighted by Crippen LogP contribution is -2.45. The number of carbonyl (C=O) groups is 1. The molecule has 0 radical (unpaired) electrons. The third kappa shape index (κ3) is 3.73. The molecule has 110 valence electrons. The zero-order chi connectivity index (χ0) is 14.6. The summed E-state index contributed by atoms with van der Waals surface area (Å²) < 4.78 is 0. The van der Waals surface area contributed by atoms with Crippen LogP contribution in [0.25, 0.3) is 0 Å². The van der Waals surface area contributed by atoms with E-state index in [1.54, 1.807) is 0 Å². The van der Waals surface area contributed by atoms with E-state index in [9.17, 15) is 9.90 Å². The van der Waals surface area contributed by atoms with E-state index >= 15 is 0 Å². The molecule has 2 rings (SSSR count). The molecule has 1 aromatic carbocycles. The quantitative estimate of drug-likeness (QED) is 0.794. The smallest absolute Gasteiger partial charge is 0.319 e. The van der Waals surface area contributed by atoms with Gasteiger partial charge in [0.1, 0.15) is 0 Å². The number of rotatable bonds is 3. The molecular weight excluding hydrogens is 252 g/mol. The molecule has 1 saturated carbocycles. The van der Waals surface area contributed by atoms with E-state index in [-0.39, 0.29) is 6.03 Å². The summed E-state index contributed by atoms with van der Waals surface area (Å²) in [6.45, 7) is 4.26. The summed E-state index contributed by atoms with van der Waals surface area (Å²) in [6.07, 6.45) is 4.80. The van der Waals surface area contributed by atoms with Gasteiger partial charge in [-0.2, -0.15) is 0 Å². The highest BCUT2D eigenvalue weighted by Crippen LogP contribution is 2.27. The first-order valence-corrected chi connectivity index (χ1v) is 7.34. The zero-order valence-corrected chi connectivity index (χ0v) is 12.3. The molecular formula is C16H24N2O2. The van der Waals surface area contributed by atoms with Crippen molar-refractivity contribution in [1.29, 1.82) is 0 Å². The summed E-state index contributed by atoms with van der Waals surface area (Å²) in [4.78, 5) is 12.0. The van der Waals surface area contributed by atoms with E-state index in [0.29, 0.717) is 6.54 Å². The van der Waals surface area contributed by atoms with E-state index in [4.69, 9.17) is 0 Å². The van der Waals surface area contributed by atoms with Crippen LogP contribution < -0.4 is 10.6 Å². The second-order valence-electron chi connectivity index (χ2n) is 5.86. The molecule has 0 unspecified atom stereocenters. The normalized spacial score (nSPS) is 17.6. The van der Waals surface area contributed by atoms with Crippen LogP contribution in [0.15, 0.2) is 18.2 Å². The van der Waals surface area contributed by atoms with Crippen LogP contribution in [-0.4, -0.2) is 23.3 Å². The van der Waals surface area contributed by atoms with Crippen molar-refractivity contribution in [2.75, 3.05) is 11.9 Å². The maximum Gasteiger partial charge on any atom is 0.319 e. The van der Waals surface area contributed by atoms with Crippen molar-refractivity contribution in [2.24, 2.45) is 0 Å². The monoisotopic (exact) mass is 276 g/mol. The molecule has 0 atom stereocenters. The number of para-hydroxylation sites is 1. The Kier molecular flexibility index (Phi) is 4.65. The van der Waals surface area contributed by atoms with Crippen molar-refractivity contribution in [2.45, 2.75) is 51.6 Å². The average molecular weight is 276 g/mol. The maximum absolute atomic E-state index is 12.0. The number of nitrogens with one attached hydrogen (secondary N) is 2. The van der Waals surface area contributed by atoms with Gasteiger partial charge < -0.3 is 15.7 Å². The van der Waals surface area contributed by atoms with Gasteiger partial charge in [-0.15, -0.1) is 0 Å². The largest absolute Gasteiger partial charge is 0.388 e. The fourth-order valence-electron chi connectivity index (χ4n) is 2.80. The summed E-state index contributed by atoms with van der Waals surface area (Å²) in [5.41, 5.74) is 2.20. The number of hydrogen-bond donors (Lipinski definition) is 3. The summed E-state index contributed by atoms with van der Waals surface area (Å²) in [5, 5.41) is 16.0. The van der Waals surface area contributed by atoms with E-state index in [1.807, 2.05) is 32.0 Å². The Morgan fingerprint density at radius 1 is 1.20 bits per heavy atom. The summed E-state index contributed by atoms with van der Waals surface area (Å²) in [6, 6.07) is 5.66. The van der Waals surface area contributed by atoms with Crippen molar-refractivity contribution < 1.29 is 9.90 Å². The number of carbonyl (C=O) groups excluding carboxylic acids is 1. The first-order chi connectivity index (χ1) is 9.50. The lowest BCUT2D eigenvalue weighted by Gasteiger charge is -2.32. The Labute approximate surface area is 120 Å². The van der Waals surface area contributed by atoms with Crippen LogP contribution in [0.5, 0.6) is 0 Å². The zero-order valence-electron chi connectivity index (χ0n) is 12.3. The molecule has 1 aliphatic rings. The Balaban J connectivity index is 1.89. The van der Waals surface area contributed by atoms with Crippen molar-refractivity contribution in [1.82, 2.24) is 5.32 Å². The van der Waals surface area contributed by atoms with E-state index in [2.05, 4.69) is 10.6 Å². The van der Waals surface area contributed by atoms with Crippen LogP contribution in [-0.2, 0) is 0 Å². The van der Waals surface area contributed by atoms with Crippen LogP contribution in [0.4, 0.5) is 10.5 Å². The van der Waals surface area contributed by atoms with Gasteiger partial charge in [0.25, 0.3) is 0 Å². The van der Waals surface area contributed by atoms with Crippen LogP contribution in [0, 0.1) is 13.8 Å². The second-order valence-corrected chi connectivity index (χ2v) is 5.86. The van der Waals surface area contributed by atoms with Crippen molar-refractivity contribution in [3.8, 4) is 0 Å². The molecule has 4 heteroatoms. The van der Waals surface area contributed by atoms with Gasteiger partial charge in [-0.25, -0.2) is 4.79 Å². The predicted octanol–water partition coefficient (Wildman–Crippen LogP) is 3.12.